The molecule has 0 saturated heterocycles. The molecule has 0 fully saturated rings. The van der Waals surface area contributed by atoms with Crippen LogP contribution < -0.4 is 20.1 Å². The van der Waals surface area contributed by atoms with Crippen molar-refractivity contribution in [3.8, 4) is 11.5 Å². The average Bonchev–Trinajstić information content (AvgIpc) is 3.12. The van der Waals surface area contributed by atoms with E-state index in [0.29, 0.717) is 6.54 Å². The Kier molecular flexibility index (Phi) is 9.83. The van der Waals surface area contributed by atoms with Gasteiger partial charge in [-0.3, -0.25) is 0 Å². The zero-order valence-electron chi connectivity index (χ0n) is 15.0. The van der Waals surface area contributed by atoms with Crippen LogP contribution in [0.2, 0.25) is 0 Å². The number of rotatable bonds is 8. The van der Waals surface area contributed by atoms with Crippen molar-refractivity contribution in [2.24, 2.45) is 4.99 Å². The number of ether oxygens (including phenoxy) is 2. The van der Waals surface area contributed by atoms with Crippen molar-refractivity contribution in [2.45, 2.75) is 20.0 Å². The van der Waals surface area contributed by atoms with Gasteiger partial charge in [-0.1, -0.05) is 6.07 Å². The molecule has 25 heavy (non-hydrogen) atoms. The fourth-order valence-electron chi connectivity index (χ4n) is 2.31. The molecule has 7 heteroatoms. The van der Waals surface area contributed by atoms with Crippen molar-refractivity contribution < 1.29 is 9.47 Å². The molecule has 0 saturated carbocycles. The number of hydrogen-bond acceptors (Lipinski definition) is 3. The molecule has 2 rings (SSSR count). The number of aromatic nitrogens is 1. The second-order valence-corrected chi connectivity index (χ2v) is 5.23. The first-order valence-electron chi connectivity index (χ1n) is 8.10. The first kappa shape index (κ1) is 21.1. The number of methoxy groups -OCH3 is 2. The Morgan fingerprint density at radius 1 is 1.08 bits per heavy atom. The van der Waals surface area contributed by atoms with Crippen molar-refractivity contribution in [3.63, 3.8) is 0 Å². The maximum Gasteiger partial charge on any atom is 0.191 e. The van der Waals surface area contributed by atoms with Crippen molar-refractivity contribution in [2.75, 3.05) is 27.3 Å². The molecule has 6 nitrogen and oxygen atoms in total. The van der Waals surface area contributed by atoms with Crippen molar-refractivity contribution in [1.29, 1.82) is 0 Å². The van der Waals surface area contributed by atoms with E-state index >= 15 is 0 Å². The van der Waals surface area contributed by atoms with Crippen LogP contribution in [0.15, 0.2) is 47.7 Å². The number of halogens is 1. The lowest BCUT2D eigenvalue weighted by molar-refractivity contribution is 0.354. The first-order chi connectivity index (χ1) is 11.8. The minimum atomic E-state index is 0. The number of aliphatic imine (C=N–C) groups is 1. The molecule has 2 N–H and O–H groups in total. The number of hydrogen-bond donors (Lipinski definition) is 2. The fraction of sp³-hybridized carbons (Fsp3) is 0.389. The summed E-state index contributed by atoms with van der Waals surface area (Å²) in [5.41, 5.74) is 1.07. The lowest BCUT2D eigenvalue weighted by atomic mass is 10.2. The summed E-state index contributed by atoms with van der Waals surface area (Å²) >= 11 is 0. The van der Waals surface area contributed by atoms with E-state index in [1.165, 1.54) is 0 Å². The molecule has 1 aromatic carbocycles. The Morgan fingerprint density at radius 2 is 1.80 bits per heavy atom. The third kappa shape index (κ3) is 6.85. The zero-order valence-corrected chi connectivity index (χ0v) is 17.3. The average molecular weight is 458 g/mol. The monoisotopic (exact) mass is 458 g/mol. The fourth-order valence-corrected chi connectivity index (χ4v) is 2.31. The lowest BCUT2D eigenvalue weighted by Gasteiger charge is -2.12. The van der Waals surface area contributed by atoms with Crippen LogP contribution in [0.5, 0.6) is 11.5 Å². The number of nitrogens with one attached hydrogen (secondary N) is 2. The quantitative estimate of drug-likeness (QED) is 0.363. The first-order valence-corrected chi connectivity index (χ1v) is 8.10. The standard InChI is InChI=1S/C18H26N4O2.HI/c1-4-19-18(20-9-12-22-10-5-6-11-22)21-14-15-7-8-16(23-2)17(13-15)24-3;/h5-8,10-11,13H,4,9,12,14H2,1-3H3,(H2,19,20,21);1H. The second kappa shape index (κ2) is 11.6. The highest BCUT2D eigenvalue weighted by Crippen LogP contribution is 2.27. The van der Waals surface area contributed by atoms with Gasteiger partial charge in [0.15, 0.2) is 17.5 Å². The molecule has 138 valence electrons. The lowest BCUT2D eigenvalue weighted by Crippen LogP contribution is -2.38. The minimum Gasteiger partial charge on any atom is -0.493 e. The van der Waals surface area contributed by atoms with Gasteiger partial charge in [0.05, 0.1) is 20.8 Å². The third-order valence-electron chi connectivity index (χ3n) is 3.54. The van der Waals surface area contributed by atoms with Crippen LogP contribution in [-0.2, 0) is 13.1 Å². The Balaban J connectivity index is 0.00000312. The summed E-state index contributed by atoms with van der Waals surface area (Å²) in [7, 11) is 3.27. The van der Waals surface area contributed by atoms with Crippen LogP contribution in [0, 0.1) is 0 Å². The third-order valence-corrected chi connectivity index (χ3v) is 3.54. The molecule has 0 atom stereocenters. The predicted octanol–water partition coefficient (Wildman–Crippen LogP) is 2.88. The van der Waals surface area contributed by atoms with E-state index in [9.17, 15) is 0 Å². The van der Waals surface area contributed by atoms with E-state index in [4.69, 9.17) is 9.47 Å². The summed E-state index contributed by atoms with van der Waals surface area (Å²) in [5.74, 6) is 2.25. The van der Waals surface area contributed by atoms with Gasteiger partial charge in [0, 0.05) is 32.0 Å². The molecule has 0 unspecified atom stereocenters. The highest BCUT2D eigenvalue weighted by molar-refractivity contribution is 14.0. The van der Waals surface area contributed by atoms with Gasteiger partial charge in [-0.25, -0.2) is 4.99 Å². The van der Waals surface area contributed by atoms with Gasteiger partial charge in [-0.05, 0) is 36.8 Å². The summed E-state index contributed by atoms with van der Waals surface area (Å²) in [6.45, 7) is 5.15. The Labute approximate surface area is 166 Å². The molecule has 0 aliphatic rings. The molecule has 2 aromatic rings. The Bertz CT molecular complexity index is 645. The van der Waals surface area contributed by atoms with Gasteiger partial charge in [-0.2, -0.15) is 0 Å². The highest BCUT2D eigenvalue weighted by atomic mass is 127. The maximum absolute atomic E-state index is 5.33. The number of guanidine groups is 1. The number of benzene rings is 1. The maximum atomic E-state index is 5.33. The van der Waals surface area contributed by atoms with E-state index in [1.54, 1.807) is 14.2 Å². The van der Waals surface area contributed by atoms with Crippen LogP contribution in [0.4, 0.5) is 0 Å². The molecular weight excluding hydrogens is 431 g/mol. The molecule has 1 aromatic heterocycles. The van der Waals surface area contributed by atoms with E-state index in [1.807, 2.05) is 30.3 Å². The Morgan fingerprint density at radius 3 is 2.44 bits per heavy atom. The van der Waals surface area contributed by atoms with Crippen LogP contribution >= 0.6 is 24.0 Å². The van der Waals surface area contributed by atoms with Crippen LogP contribution in [0.25, 0.3) is 0 Å². The molecular formula is C18H27IN4O2. The summed E-state index contributed by atoms with van der Waals surface area (Å²) in [5, 5.41) is 6.60. The van der Waals surface area contributed by atoms with Gasteiger partial charge >= 0.3 is 0 Å². The molecule has 0 aliphatic carbocycles. The zero-order chi connectivity index (χ0) is 17.2. The van der Waals surface area contributed by atoms with Crippen LogP contribution in [-0.4, -0.2) is 37.8 Å². The molecule has 0 spiro atoms. The van der Waals surface area contributed by atoms with Crippen LogP contribution in [0.1, 0.15) is 12.5 Å². The summed E-state index contributed by atoms with van der Waals surface area (Å²) in [4.78, 5) is 4.62. The molecule has 1 heterocycles. The normalized spacial score (nSPS) is 10.8. The summed E-state index contributed by atoms with van der Waals surface area (Å²) in [6, 6.07) is 9.89. The molecule has 0 amide bonds. The Hall–Kier alpha value is -1.90. The van der Waals surface area contributed by atoms with Gasteiger partial charge in [0.1, 0.15) is 0 Å². The highest BCUT2D eigenvalue weighted by Gasteiger charge is 2.04. The van der Waals surface area contributed by atoms with Crippen molar-refractivity contribution in [1.82, 2.24) is 15.2 Å². The van der Waals surface area contributed by atoms with Crippen molar-refractivity contribution >= 4 is 29.9 Å². The minimum absolute atomic E-state index is 0. The van der Waals surface area contributed by atoms with E-state index < -0.39 is 0 Å². The smallest absolute Gasteiger partial charge is 0.191 e. The van der Waals surface area contributed by atoms with Gasteiger partial charge in [0.25, 0.3) is 0 Å². The van der Waals surface area contributed by atoms with Gasteiger partial charge in [0.2, 0.25) is 0 Å². The van der Waals surface area contributed by atoms with Crippen molar-refractivity contribution in [3.05, 3.63) is 48.3 Å². The van der Waals surface area contributed by atoms with Crippen LogP contribution in [0.3, 0.4) is 0 Å². The molecule has 0 aliphatic heterocycles. The summed E-state index contributed by atoms with van der Waals surface area (Å²) < 4.78 is 12.7. The van der Waals surface area contributed by atoms with Gasteiger partial charge in [-0.15, -0.1) is 24.0 Å². The summed E-state index contributed by atoms with van der Waals surface area (Å²) in [6.07, 6.45) is 4.10. The van der Waals surface area contributed by atoms with E-state index in [0.717, 1.165) is 42.7 Å². The topological polar surface area (TPSA) is 59.8 Å². The molecule has 0 bridgehead atoms. The SMILES string of the molecule is CCNC(=NCc1ccc(OC)c(OC)c1)NCCn1cccc1.I. The number of nitrogens with zero attached hydrogens (tertiary/aromatic N) is 2. The second-order valence-electron chi connectivity index (χ2n) is 5.23. The van der Waals surface area contributed by atoms with E-state index in [2.05, 4.69) is 39.5 Å². The van der Waals surface area contributed by atoms with E-state index in [-0.39, 0.29) is 24.0 Å². The predicted molar refractivity (Wildman–Crippen MR) is 112 cm³/mol. The largest absolute Gasteiger partial charge is 0.493 e. The molecule has 0 radical (unpaired) electrons. The van der Waals surface area contributed by atoms with Gasteiger partial charge < -0.3 is 24.7 Å².